The third-order valence-electron chi connectivity index (χ3n) is 3.74. The van der Waals surface area contributed by atoms with Gasteiger partial charge in [0.05, 0.1) is 6.34 Å². The fourth-order valence-electron chi connectivity index (χ4n) is 2.49. The molecule has 1 unspecified atom stereocenters. The zero-order chi connectivity index (χ0) is 17.4. The lowest BCUT2D eigenvalue weighted by Crippen LogP contribution is -2.35. The van der Waals surface area contributed by atoms with E-state index in [0.717, 1.165) is 21.3 Å². The van der Waals surface area contributed by atoms with Crippen molar-refractivity contribution in [2.75, 3.05) is 10.2 Å². The lowest BCUT2D eigenvalue weighted by atomic mass is 10.2. The minimum atomic E-state index is -0.274. The van der Waals surface area contributed by atoms with E-state index in [1.54, 1.807) is 17.7 Å². The number of rotatable bonds is 3. The van der Waals surface area contributed by atoms with Crippen molar-refractivity contribution >= 4 is 51.3 Å². The predicted molar refractivity (Wildman–Crippen MR) is 101 cm³/mol. The molecule has 9 heteroatoms. The van der Waals surface area contributed by atoms with E-state index in [1.807, 2.05) is 47.5 Å². The molecule has 1 aliphatic rings. The number of aliphatic imine (C=N–C) groups is 1. The van der Waals surface area contributed by atoms with Crippen LogP contribution in [0.5, 0.6) is 0 Å². The van der Waals surface area contributed by atoms with Gasteiger partial charge in [-0.15, -0.1) is 21.5 Å². The van der Waals surface area contributed by atoms with Crippen LogP contribution < -0.4 is 16.0 Å². The first kappa shape index (κ1) is 15.9. The van der Waals surface area contributed by atoms with Crippen molar-refractivity contribution in [3.05, 3.63) is 51.3 Å². The van der Waals surface area contributed by atoms with Gasteiger partial charge in [0.25, 0.3) is 5.91 Å². The van der Waals surface area contributed by atoms with Crippen molar-refractivity contribution in [2.45, 2.75) is 13.1 Å². The summed E-state index contributed by atoms with van der Waals surface area (Å²) in [5.41, 5.74) is 8.91. The number of fused-ring (bicyclic) bond motifs is 1. The van der Waals surface area contributed by atoms with Crippen LogP contribution in [-0.2, 0) is 0 Å². The Bertz CT molecular complexity index is 946. The van der Waals surface area contributed by atoms with Gasteiger partial charge in [-0.05, 0) is 42.6 Å². The number of aryl methyl sites for hydroxylation is 1. The molecule has 3 N–H and O–H groups in total. The fraction of sp³-hybridized carbons (Fsp3) is 0.125. The molecule has 1 aromatic carbocycles. The van der Waals surface area contributed by atoms with E-state index in [0.29, 0.717) is 10.7 Å². The monoisotopic (exact) mass is 370 g/mol. The number of carbonyl (C=O) groups excluding carboxylic acids is 1. The highest BCUT2D eigenvalue weighted by Gasteiger charge is 2.23. The molecule has 1 atom stereocenters. The fourth-order valence-corrected chi connectivity index (χ4v) is 3.86. The Labute approximate surface area is 151 Å². The number of nitrogens with one attached hydrogen (secondary N) is 1. The van der Waals surface area contributed by atoms with Gasteiger partial charge in [-0.2, -0.15) is 0 Å². The van der Waals surface area contributed by atoms with Crippen LogP contribution >= 0.6 is 22.7 Å². The van der Waals surface area contributed by atoms with Crippen LogP contribution in [0.15, 0.2) is 40.7 Å². The maximum absolute atomic E-state index is 12.1. The molecule has 0 aliphatic carbocycles. The molecular weight excluding hydrogens is 356 g/mol. The maximum Gasteiger partial charge on any atom is 0.286 e. The van der Waals surface area contributed by atoms with Gasteiger partial charge in [-0.25, -0.2) is 4.99 Å². The Morgan fingerprint density at radius 1 is 1.24 bits per heavy atom. The number of nitrogens with two attached hydrogens (primary N) is 1. The normalized spacial score (nSPS) is 15.9. The van der Waals surface area contributed by atoms with Crippen LogP contribution in [0, 0.1) is 6.92 Å². The second-order valence-electron chi connectivity index (χ2n) is 5.41. The molecule has 0 radical (unpaired) electrons. The summed E-state index contributed by atoms with van der Waals surface area (Å²) >= 11 is 2.83. The third-order valence-corrected chi connectivity index (χ3v) is 5.41. The third kappa shape index (κ3) is 3.04. The molecule has 3 heterocycles. The molecule has 3 aromatic rings. The van der Waals surface area contributed by atoms with Gasteiger partial charge in [0.1, 0.15) is 16.2 Å². The Kier molecular flexibility index (Phi) is 4.04. The molecule has 7 nitrogen and oxygen atoms in total. The van der Waals surface area contributed by atoms with E-state index in [9.17, 15) is 4.79 Å². The number of aromatic nitrogens is 2. The highest BCUT2D eigenvalue weighted by molar-refractivity contribution is 7.14. The number of thiophene rings is 1. The van der Waals surface area contributed by atoms with E-state index in [-0.39, 0.29) is 12.1 Å². The second-order valence-corrected chi connectivity index (χ2v) is 7.48. The SMILES string of the molecule is Cc1nnc(C(=O)Nc2ccc(N3C=Nc4sccc4C3N)cc2)s1. The van der Waals surface area contributed by atoms with Crippen LogP contribution in [0.3, 0.4) is 0 Å². The van der Waals surface area contributed by atoms with E-state index in [1.165, 1.54) is 11.3 Å². The van der Waals surface area contributed by atoms with Gasteiger partial charge in [0.15, 0.2) is 0 Å². The first-order valence-corrected chi connectivity index (χ1v) is 9.18. The van der Waals surface area contributed by atoms with Crippen molar-refractivity contribution in [1.29, 1.82) is 0 Å². The van der Waals surface area contributed by atoms with E-state index >= 15 is 0 Å². The molecular formula is C16H14N6OS2. The Morgan fingerprint density at radius 3 is 2.76 bits per heavy atom. The van der Waals surface area contributed by atoms with Crippen molar-refractivity contribution in [2.24, 2.45) is 10.7 Å². The number of hydrogen-bond acceptors (Lipinski definition) is 8. The summed E-state index contributed by atoms with van der Waals surface area (Å²) in [6.45, 7) is 1.81. The smallest absolute Gasteiger partial charge is 0.286 e. The number of amides is 1. The molecule has 0 fully saturated rings. The van der Waals surface area contributed by atoms with Crippen LogP contribution in [0.2, 0.25) is 0 Å². The molecule has 4 rings (SSSR count). The van der Waals surface area contributed by atoms with Gasteiger partial charge < -0.3 is 16.0 Å². The molecule has 126 valence electrons. The van der Waals surface area contributed by atoms with E-state index in [2.05, 4.69) is 20.5 Å². The average molecular weight is 370 g/mol. The molecule has 0 saturated heterocycles. The molecule has 2 aromatic heterocycles. The quantitative estimate of drug-likeness (QED) is 0.737. The second kappa shape index (κ2) is 6.36. The highest BCUT2D eigenvalue weighted by atomic mass is 32.1. The Hall–Kier alpha value is -2.62. The van der Waals surface area contributed by atoms with Gasteiger partial charge in [0, 0.05) is 16.9 Å². The summed E-state index contributed by atoms with van der Waals surface area (Å²) in [7, 11) is 0. The molecule has 0 saturated carbocycles. The van der Waals surface area contributed by atoms with Gasteiger partial charge in [-0.1, -0.05) is 11.3 Å². The van der Waals surface area contributed by atoms with Crippen molar-refractivity contribution < 1.29 is 4.79 Å². The summed E-state index contributed by atoms with van der Waals surface area (Å²) in [6, 6.07) is 9.43. The Morgan fingerprint density at radius 2 is 2.04 bits per heavy atom. The molecule has 1 aliphatic heterocycles. The van der Waals surface area contributed by atoms with Crippen LogP contribution in [0.25, 0.3) is 0 Å². The van der Waals surface area contributed by atoms with Gasteiger partial charge in [0.2, 0.25) is 5.01 Å². The lowest BCUT2D eigenvalue weighted by Gasteiger charge is -2.29. The van der Waals surface area contributed by atoms with E-state index < -0.39 is 0 Å². The van der Waals surface area contributed by atoms with Crippen molar-refractivity contribution in [1.82, 2.24) is 10.2 Å². The topological polar surface area (TPSA) is 96.5 Å². The average Bonchev–Trinajstić information content (AvgIpc) is 3.25. The number of carbonyl (C=O) groups is 1. The maximum atomic E-state index is 12.1. The van der Waals surface area contributed by atoms with Gasteiger partial charge >= 0.3 is 0 Å². The van der Waals surface area contributed by atoms with Crippen LogP contribution in [0.4, 0.5) is 16.4 Å². The summed E-state index contributed by atoms with van der Waals surface area (Å²) < 4.78 is 0. The number of anilines is 2. The summed E-state index contributed by atoms with van der Waals surface area (Å²) in [6.07, 6.45) is 1.46. The predicted octanol–water partition coefficient (Wildman–Crippen LogP) is 3.30. The zero-order valence-corrected chi connectivity index (χ0v) is 14.8. The lowest BCUT2D eigenvalue weighted by molar-refractivity contribution is 0.102. The van der Waals surface area contributed by atoms with Crippen molar-refractivity contribution in [3.8, 4) is 0 Å². The molecule has 0 bridgehead atoms. The van der Waals surface area contributed by atoms with Gasteiger partial charge in [-0.3, -0.25) is 4.79 Å². The summed E-state index contributed by atoms with van der Waals surface area (Å²) in [5.74, 6) is -0.266. The largest absolute Gasteiger partial charge is 0.320 e. The zero-order valence-electron chi connectivity index (χ0n) is 13.2. The first-order valence-electron chi connectivity index (χ1n) is 7.49. The van der Waals surface area contributed by atoms with Crippen LogP contribution in [-0.4, -0.2) is 22.4 Å². The molecule has 0 spiro atoms. The number of nitrogens with zero attached hydrogens (tertiary/aromatic N) is 4. The van der Waals surface area contributed by atoms with Crippen LogP contribution in [0.1, 0.15) is 26.5 Å². The van der Waals surface area contributed by atoms with Crippen molar-refractivity contribution in [3.63, 3.8) is 0 Å². The summed E-state index contributed by atoms with van der Waals surface area (Å²) in [5, 5.41) is 14.5. The minimum absolute atomic E-state index is 0.266. The summed E-state index contributed by atoms with van der Waals surface area (Å²) in [4.78, 5) is 18.4. The number of benzene rings is 1. The minimum Gasteiger partial charge on any atom is -0.320 e. The number of hydrogen-bond donors (Lipinski definition) is 2. The first-order chi connectivity index (χ1) is 12.1. The van der Waals surface area contributed by atoms with E-state index in [4.69, 9.17) is 5.73 Å². The molecule has 25 heavy (non-hydrogen) atoms. The highest BCUT2D eigenvalue weighted by Crippen LogP contribution is 2.36. The Balaban J connectivity index is 1.50. The molecule has 1 amide bonds. The standard InChI is InChI=1S/C16H14N6OS2/c1-9-20-21-16(25-9)14(23)19-10-2-4-11(5-3-10)22-8-18-15-12(13(22)17)6-7-24-15/h2-8,13H,17H2,1H3,(H,19,23).